The number of hydrogen-bond acceptors (Lipinski definition) is 8. The number of piperidine rings is 1. The number of alkyl halides is 3. The molecule has 1 saturated heterocycles. The van der Waals surface area contributed by atoms with Gasteiger partial charge in [0.15, 0.2) is 5.78 Å². The molecule has 4 heterocycles. The lowest BCUT2D eigenvalue weighted by Crippen LogP contribution is -2.56. The number of nitrogens with zero attached hydrogens (tertiary/aromatic N) is 7. The third kappa shape index (κ3) is 4.90. The highest BCUT2D eigenvalue weighted by atomic mass is 32.2. The third-order valence-electron chi connectivity index (χ3n) is 7.34. The number of pyridine rings is 1. The predicted octanol–water partition coefficient (Wildman–Crippen LogP) is 2.96. The van der Waals surface area contributed by atoms with E-state index in [0.29, 0.717) is 28.6 Å². The summed E-state index contributed by atoms with van der Waals surface area (Å²) in [6, 6.07) is 7.14. The van der Waals surface area contributed by atoms with Gasteiger partial charge in [-0.2, -0.15) is 28.2 Å². The van der Waals surface area contributed by atoms with Crippen LogP contribution in [-0.4, -0.2) is 62.1 Å². The van der Waals surface area contributed by atoms with Crippen LogP contribution in [0.1, 0.15) is 33.7 Å². The number of carbonyl (C=O) groups excluding carboxylic acids is 1. The molecule has 1 N–H and O–H groups in total. The van der Waals surface area contributed by atoms with E-state index in [1.165, 1.54) is 30.4 Å². The van der Waals surface area contributed by atoms with Gasteiger partial charge in [-0.3, -0.25) is 9.78 Å². The zero-order chi connectivity index (χ0) is 29.9. The van der Waals surface area contributed by atoms with Crippen LogP contribution in [0.15, 0.2) is 65.6 Å². The van der Waals surface area contributed by atoms with Crippen LogP contribution < -0.4 is 4.83 Å². The molecule has 0 saturated carbocycles. The molecule has 1 aliphatic carbocycles. The molecule has 0 unspecified atom stereocenters. The van der Waals surface area contributed by atoms with E-state index in [1.54, 1.807) is 22.9 Å². The second-order valence-electron chi connectivity index (χ2n) is 10.1. The Morgan fingerprint density at radius 3 is 2.55 bits per heavy atom. The number of halogens is 4. The van der Waals surface area contributed by atoms with Gasteiger partial charge in [0, 0.05) is 26.3 Å². The van der Waals surface area contributed by atoms with Crippen LogP contribution in [-0.2, 0) is 29.7 Å². The first-order valence-corrected chi connectivity index (χ1v) is 14.1. The van der Waals surface area contributed by atoms with Crippen molar-refractivity contribution < 1.29 is 30.8 Å². The molecule has 0 amide bonds. The number of ketones is 1. The number of rotatable bonds is 6. The van der Waals surface area contributed by atoms with E-state index in [4.69, 9.17) is 0 Å². The van der Waals surface area contributed by atoms with Crippen LogP contribution in [0.4, 0.5) is 17.6 Å². The van der Waals surface area contributed by atoms with Gasteiger partial charge in [0.1, 0.15) is 11.5 Å². The van der Waals surface area contributed by atoms with Crippen molar-refractivity contribution in [2.75, 3.05) is 13.1 Å². The van der Waals surface area contributed by atoms with Crippen molar-refractivity contribution in [2.45, 2.75) is 24.0 Å². The fourth-order valence-corrected chi connectivity index (χ4v) is 6.36. The number of hydrogen-bond donors (Lipinski definition) is 1. The van der Waals surface area contributed by atoms with Crippen molar-refractivity contribution in [1.29, 1.82) is 0 Å². The monoisotopic (exact) mass is 602 g/mol. The van der Waals surface area contributed by atoms with Gasteiger partial charge in [-0.25, -0.2) is 22.5 Å². The Bertz CT molecular complexity index is 1830. The van der Waals surface area contributed by atoms with Crippen LogP contribution in [0.2, 0.25) is 0 Å². The highest BCUT2D eigenvalue weighted by Gasteiger charge is 2.50. The number of nitrogens with one attached hydrogen (secondary N) is 1. The smallest absolute Gasteiger partial charge is 0.291 e. The SMILES string of the molecule is Cn1ncc(S(=O)(=O)NN2CCC3=Cc4c(cnn4-c4ccc(F)cc4)C[C@]3(C(=O)c3cc(C(F)(F)F)ccn3)C2)n1. The van der Waals surface area contributed by atoms with Crippen molar-refractivity contribution in [3.63, 3.8) is 0 Å². The standard InChI is InChI=1S/C26H22F4N8O3S/c1-36-32-14-23(34-36)42(40,41)35-37-9-7-17-11-22-16(13-33-38(22)20-4-2-19(27)3-5-20)12-25(17,15-37)24(39)21-10-18(6-8-31-21)26(28,29)30/h2-6,8,10-11,13-14,35H,7,9,12,15H2,1H3/t25-/m0/s1. The average molecular weight is 603 g/mol. The molecule has 0 spiro atoms. The zero-order valence-electron chi connectivity index (χ0n) is 21.9. The van der Waals surface area contributed by atoms with Gasteiger partial charge in [-0.05, 0) is 60.9 Å². The predicted molar refractivity (Wildman–Crippen MR) is 139 cm³/mol. The number of aryl methyl sites for hydroxylation is 1. The summed E-state index contributed by atoms with van der Waals surface area (Å²) in [6.45, 7) is -0.0490. The van der Waals surface area contributed by atoms with Crippen LogP contribution in [0.25, 0.3) is 11.8 Å². The van der Waals surface area contributed by atoms with Crippen molar-refractivity contribution in [1.82, 2.24) is 39.6 Å². The highest BCUT2D eigenvalue weighted by molar-refractivity contribution is 7.89. The molecule has 42 heavy (non-hydrogen) atoms. The Hall–Kier alpha value is -4.28. The molecule has 1 fully saturated rings. The molecule has 218 valence electrons. The fourth-order valence-electron chi connectivity index (χ4n) is 5.36. The number of fused-ring (bicyclic) bond motifs is 2. The van der Waals surface area contributed by atoms with Crippen LogP contribution in [0, 0.1) is 11.2 Å². The van der Waals surface area contributed by atoms with E-state index >= 15 is 0 Å². The second-order valence-corrected chi connectivity index (χ2v) is 11.7. The molecular weight excluding hydrogens is 580 g/mol. The minimum atomic E-state index is -4.70. The maximum Gasteiger partial charge on any atom is 0.416 e. The Kier molecular flexibility index (Phi) is 6.58. The summed E-state index contributed by atoms with van der Waals surface area (Å²) in [7, 11) is -2.72. The van der Waals surface area contributed by atoms with Crippen LogP contribution in [0.3, 0.4) is 0 Å². The number of hydrazine groups is 1. The number of benzene rings is 1. The molecule has 6 rings (SSSR count). The topological polar surface area (TPSA) is 128 Å². The first-order valence-electron chi connectivity index (χ1n) is 12.6. The first kappa shape index (κ1) is 27.9. The molecular formula is C26H22F4N8O3S. The second kappa shape index (κ2) is 9.92. The van der Waals surface area contributed by atoms with E-state index in [0.717, 1.165) is 23.3 Å². The molecule has 0 bridgehead atoms. The van der Waals surface area contributed by atoms with E-state index in [-0.39, 0.29) is 31.0 Å². The molecule has 11 nitrogen and oxygen atoms in total. The summed E-state index contributed by atoms with van der Waals surface area (Å²) in [5.74, 6) is -1.11. The van der Waals surface area contributed by atoms with Gasteiger partial charge in [-0.15, -0.1) is 9.93 Å². The molecule has 1 atom stereocenters. The zero-order valence-corrected chi connectivity index (χ0v) is 22.7. The van der Waals surface area contributed by atoms with Gasteiger partial charge in [0.05, 0.1) is 34.8 Å². The van der Waals surface area contributed by atoms with Crippen molar-refractivity contribution in [2.24, 2.45) is 12.5 Å². The third-order valence-corrected chi connectivity index (χ3v) is 8.58. The van der Waals surface area contributed by atoms with Crippen LogP contribution in [0.5, 0.6) is 0 Å². The number of Topliss-reactive ketones (excluding diaryl/α,β-unsaturated/α-hetero) is 1. The van der Waals surface area contributed by atoms with E-state index in [9.17, 15) is 30.8 Å². The molecule has 16 heteroatoms. The lowest BCUT2D eigenvalue weighted by molar-refractivity contribution is -0.137. The lowest BCUT2D eigenvalue weighted by Gasteiger charge is -2.45. The number of carbonyl (C=O) groups is 1. The summed E-state index contributed by atoms with van der Waals surface area (Å²) >= 11 is 0. The van der Waals surface area contributed by atoms with E-state index < -0.39 is 44.5 Å². The van der Waals surface area contributed by atoms with Crippen LogP contribution >= 0.6 is 0 Å². The van der Waals surface area contributed by atoms with Gasteiger partial charge in [0.2, 0.25) is 5.03 Å². The fraction of sp³-hybridized carbons (Fsp3) is 0.269. The van der Waals surface area contributed by atoms with Crippen molar-refractivity contribution in [3.05, 3.63) is 88.9 Å². The number of sulfonamides is 1. The maximum atomic E-state index is 14.2. The van der Waals surface area contributed by atoms with E-state index in [2.05, 4.69) is 25.1 Å². The summed E-state index contributed by atoms with van der Waals surface area (Å²) < 4.78 is 81.7. The summed E-state index contributed by atoms with van der Waals surface area (Å²) in [5.41, 5.74) is -0.514. The Morgan fingerprint density at radius 1 is 1.10 bits per heavy atom. The lowest BCUT2D eigenvalue weighted by atomic mass is 9.65. The summed E-state index contributed by atoms with van der Waals surface area (Å²) in [4.78, 5) is 21.7. The van der Waals surface area contributed by atoms with Crippen molar-refractivity contribution in [3.8, 4) is 5.69 Å². The first-order chi connectivity index (χ1) is 19.9. The van der Waals surface area contributed by atoms with Gasteiger partial charge >= 0.3 is 6.18 Å². The normalized spacial score (nSPS) is 19.2. The Balaban J connectivity index is 1.42. The average Bonchev–Trinajstić information content (AvgIpc) is 3.57. The highest BCUT2D eigenvalue weighted by Crippen LogP contribution is 2.46. The number of aromatic nitrogens is 6. The van der Waals surface area contributed by atoms with Crippen molar-refractivity contribution >= 4 is 21.9 Å². The molecule has 0 radical (unpaired) electrons. The maximum absolute atomic E-state index is 14.2. The molecule has 4 aromatic rings. The Labute approximate surface area is 236 Å². The van der Waals surface area contributed by atoms with Gasteiger partial charge in [-0.1, -0.05) is 5.57 Å². The molecule has 1 aromatic carbocycles. The van der Waals surface area contributed by atoms with Gasteiger partial charge < -0.3 is 0 Å². The quantitative estimate of drug-likeness (QED) is 0.264. The van der Waals surface area contributed by atoms with E-state index in [1.807, 2.05) is 0 Å². The largest absolute Gasteiger partial charge is 0.416 e. The molecule has 3 aromatic heterocycles. The minimum absolute atomic E-state index is 0.00941. The van der Waals surface area contributed by atoms with Gasteiger partial charge in [0.25, 0.3) is 10.0 Å². The minimum Gasteiger partial charge on any atom is -0.291 e. The molecule has 1 aliphatic heterocycles. The summed E-state index contributed by atoms with van der Waals surface area (Å²) in [5, 5.41) is 13.0. The Morgan fingerprint density at radius 2 is 1.86 bits per heavy atom. The summed E-state index contributed by atoms with van der Waals surface area (Å²) in [6.07, 6.45) is 0.779. The molecule has 2 aliphatic rings.